The number of rotatable bonds is 5. The van der Waals surface area contributed by atoms with Crippen LogP contribution in [0.15, 0.2) is 30.0 Å². The van der Waals surface area contributed by atoms with E-state index in [4.69, 9.17) is 0 Å². The first kappa shape index (κ1) is 19.0. The van der Waals surface area contributed by atoms with Crippen LogP contribution in [-0.2, 0) is 9.59 Å². The van der Waals surface area contributed by atoms with Crippen LogP contribution in [0.4, 0.5) is 5.69 Å². The van der Waals surface area contributed by atoms with E-state index in [0.717, 1.165) is 12.8 Å². The van der Waals surface area contributed by atoms with Crippen molar-refractivity contribution in [2.75, 3.05) is 19.7 Å². The molecule has 0 bridgehead atoms. The Morgan fingerprint density at radius 3 is 2.44 bits per heavy atom. The number of imide groups is 1. The van der Waals surface area contributed by atoms with Crippen LogP contribution in [0.3, 0.4) is 0 Å². The molecule has 0 saturated carbocycles. The van der Waals surface area contributed by atoms with Gasteiger partial charge in [-0.15, -0.1) is 0 Å². The van der Waals surface area contributed by atoms with Gasteiger partial charge in [0.15, 0.2) is 0 Å². The summed E-state index contributed by atoms with van der Waals surface area (Å²) in [5.41, 5.74) is 1.03. The lowest BCUT2D eigenvalue weighted by Gasteiger charge is -2.34. The predicted octanol–water partition coefficient (Wildman–Crippen LogP) is 1.79. The molecule has 1 aromatic carbocycles. The van der Waals surface area contributed by atoms with Crippen molar-refractivity contribution < 1.29 is 19.6 Å². The van der Waals surface area contributed by atoms with Crippen molar-refractivity contribution in [2.24, 2.45) is 5.92 Å². The largest absolute Gasteiger partial charge is 0.396 e. The molecule has 2 aliphatic heterocycles. The molecule has 27 heavy (non-hydrogen) atoms. The molecule has 0 spiro atoms. The smallest absolute Gasteiger partial charge is 0.278 e. The number of hydrogen-bond acceptors (Lipinski definition) is 6. The number of aliphatic hydroxyl groups is 1. The van der Waals surface area contributed by atoms with Crippen molar-refractivity contribution in [1.29, 1.82) is 0 Å². The number of nitrogens with zero attached hydrogens (tertiary/aromatic N) is 3. The van der Waals surface area contributed by atoms with E-state index in [0.29, 0.717) is 24.4 Å². The second-order valence-corrected chi connectivity index (χ2v) is 7.24. The van der Waals surface area contributed by atoms with E-state index in [2.05, 4.69) is 0 Å². The van der Waals surface area contributed by atoms with Gasteiger partial charge < -0.3 is 10.0 Å². The Hall–Kier alpha value is -2.74. The van der Waals surface area contributed by atoms with E-state index < -0.39 is 4.92 Å². The average Bonchev–Trinajstić information content (AvgIpc) is 2.92. The molecule has 2 amide bonds. The van der Waals surface area contributed by atoms with Gasteiger partial charge in [0.2, 0.25) is 0 Å². The highest BCUT2D eigenvalue weighted by atomic mass is 16.6. The zero-order valence-electron chi connectivity index (χ0n) is 15.4. The maximum Gasteiger partial charge on any atom is 0.278 e. The minimum absolute atomic E-state index is 0.0344. The highest BCUT2D eigenvalue weighted by molar-refractivity contribution is 6.35. The highest BCUT2D eigenvalue weighted by Gasteiger charge is 2.43. The van der Waals surface area contributed by atoms with Crippen molar-refractivity contribution in [1.82, 2.24) is 9.80 Å². The number of carbonyl (C=O) groups is 2. The van der Waals surface area contributed by atoms with Crippen LogP contribution in [0, 0.1) is 16.0 Å². The van der Waals surface area contributed by atoms with Crippen LogP contribution >= 0.6 is 0 Å². The van der Waals surface area contributed by atoms with Crippen LogP contribution in [-0.4, -0.2) is 57.4 Å². The van der Waals surface area contributed by atoms with Crippen molar-refractivity contribution in [3.05, 3.63) is 45.6 Å². The molecule has 0 aliphatic carbocycles. The highest BCUT2D eigenvalue weighted by Crippen LogP contribution is 2.35. The van der Waals surface area contributed by atoms with Gasteiger partial charge in [-0.1, -0.05) is 0 Å². The molecule has 8 nitrogen and oxygen atoms in total. The molecule has 2 heterocycles. The van der Waals surface area contributed by atoms with Crippen molar-refractivity contribution in [3.8, 4) is 0 Å². The number of nitro groups is 1. The number of amides is 2. The number of non-ortho nitro benzene ring substituents is 1. The molecular formula is C19H23N3O5. The molecular weight excluding hydrogens is 350 g/mol. The second kappa shape index (κ2) is 7.48. The van der Waals surface area contributed by atoms with Gasteiger partial charge >= 0.3 is 0 Å². The van der Waals surface area contributed by atoms with Crippen LogP contribution in [0.5, 0.6) is 0 Å². The van der Waals surface area contributed by atoms with Gasteiger partial charge in [0.1, 0.15) is 5.70 Å². The zero-order chi connectivity index (χ0) is 19.7. The maximum atomic E-state index is 13.0. The summed E-state index contributed by atoms with van der Waals surface area (Å²) in [5.74, 6) is -0.674. The quantitative estimate of drug-likeness (QED) is 0.479. The standard InChI is InChI=1S/C19H23N3O5/c1-12(2)21-18(24)16(14-5-7-15(8-6-14)22(26)27)17(19(21)25)20-9-3-4-13(10-20)11-23/h5-8,12-13,23H,3-4,9-11H2,1-2H3. The van der Waals surface area contributed by atoms with E-state index in [1.54, 1.807) is 13.8 Å². The number of piperidine rings is 1. The number of benzene rings is 1. The van der Waals surface area contributed by atoms with Gasteiger partial charge in [-0.25, -0.2) is 0 Å². The van der Waals surface area contributed by atoms with Gasteiger partial charge in [0.25, 0.3) is 17.5 Å². The van der Waals surface area contributed by atoms with Gasteiger partial charge in [-0.05, 0) is 50.3 Å². The van der Waals surface area contributed by atoms with Gasteiger partial charge in [0, 0.05) is 37.9 Å². The maximum absolute atomic E-state index is 13.0. The minimum Gasteiger partial charge on any atom is -0.396 e. The molecule has 1 atom stereocenters. The van der Waals surface area contributed by atoms with Crippen LogP contribution in [0.25, 0.3) is 5.57 Å². The lowest BCUT2D eigenvalue weighted by molar-refractivity contribution is -0.384. The summed E-state index contributed by atoms with van der Waals surface area (Å²) in [6.07, 6.45) is 1.70. The number of aliphatic hydroxyl groups excluding tert-OH is 1. The predicted molar refractivity (Wildman–Crippen MR) is 98.4 cm³/mol. The molecule has 3 rings (SSSR count). The third-order valence-corrected chi connectivity index (χ3v) is 5.07. The van der Waals surface area contributed by atoms with Gasteiger partial charge in [-0.3, -0.25) is 24.6 Å². The first-order valence-corrected chi connectivity index (χ1v) is 9.08. The molecule has 0 aromatic heterocycles. The zero-order valence-corrected chi connectivity index (χ0v) is 15.4. The van der Waals surface area contributed by atoms with Crippen LogP contribution < -0.4 is 0 Å². The van der Waals surface area contributed by atoms with E-state index >= 15 is 0 Å². The molecule has 1 N–H and O–H groups in total. The average molecular weight is 373 g/mol. The molecule has 8 heteroatoms. The molecule has 144 valence electrons. The number of carbonyl (C=O) groups excluding carboxylic acids is 2. The monoisotopic (exact) mass is 373 g/mol. The fourth-order valence-corrected chi connectivity index (χ4v) is 3.72. The summed E-state index contributed by atoms with van der Waals surface area (Å²) in [5, 5.41) is 20.4. The number of hydrogen-bond donors (Lipinski definition) is 1. The Morgan fingerprint density at radius 2 is 1.89 bits per heavy atom. The van der Waals surface area contributed by atoms with Gasteiger partial charge in [0.05, 0.1) is 10.5 Å². The summed E-state index contributed by atoms with van der Waals surface area (Å²) in [4.78, 5) is 39.6. The topological polar surface area (TPSA) is 104 Å². The Labute approximate surface area is 157 Å². The third-order valence-electron chi connectivity index (χ3n) is 5.07. The van der Waals surface area contributed by atoms with E-state index in [-0.39, 0.29) is 41.6 Å². The fraction of sp³-hybridized carbons (Fsp3) is 0.474. The van der Waals surface area contributed by atoms with Crippen molar-refractivity contribution >= 4 is 23.1 Å². The van der Waals surface area contributed by atoms with Crippen LogP contribution in [0.2, 0.25) is 0 Å². The van der Waals surface area contributed by atoms with E-state index in [1.165, 1.54) is 29.2 Å². The van der Waals surface area contributed by atoms with Crippen molar-refractivity contribution in [3.63, 3.8) is 0 Å². The fourth-order valence-electron chi connectivity index (χ4n) is 3.72. The Morgan fingerprint density at radius 1 is 1.22 bits per heavy atom. The van der Waals surface area contributed by atoms with Gasteiger partial charge in [-0.2, -0.15) is 0 Å². The molecule has 1 aromatic rings. The van der Waals surface area contributed by atoms with E-state index in [1.807, 2.05) is 4.90 Å². The Balaban J connectivity index is 2.07. The third kappa shape index (κ3) is 3.44. The lowest BCUT2D eigenvalue weighted by atomic mass is 9.97. The minimum atomic E-state index is -0.502. The number of likely N-dealkylation sites (tertiary alicyclic amines) is 1. The molecule has 2 aliphatic rings. The first-order valence-electron chi connectivity index (χ1n) is 9.08. The summed E-state index contributed by atoms with van der Waals surface area (Å²) in [6, 6.07) is 5.39. The summed E-state index contributed by atoms with van der Waals surface area (Å²) < 4.78 is 0. The normalized spacial score (nSPS) is 20.8. The second-order valence-electron chi connectivity index (χ2n) is 7.24. The molecule has 0 radical (unpaired) electrons. The van der Waals surface area contributed by atoms with E-state index in [9.17, 15) is 24.8 Å². The summed E-state index contributed by atoms with van der Waals surface area (Å²) in [6.45, 7) is 4.73. The molecule has 1 unspecified atom stereocenters. The molecule has 1 fully saturated rings. The lowest BCUT2D eigenvalue weighted by Crippen LogP contribution is -2.42. The van der Waals surface area contributed by atoms with Crippen molar-refractivity contribution in [2.45, 2.75) is 32.7 Å². The summed E-state index contributed by atoms with van der Waals surface area (Å²) >= 11 is 0. The SMILES string of the molecule is CC(C)N1C(=O)C(c2ccc([N+](=O)[O-])cc2)=C(N2CCCC(CO)C2)C1=O. The molecule has 1 saturated heterocycles. The Bertz CT molecular complexity index is 800. The number of nitro benzene ring substituents is 1. The Kier molecular flexibility index (Phi) is 5.27. The summed E-state index contributed by atoms with van der Waals surface area (Å²) in [7, 11) is 0. The van der Waals surface area contributed by atoms with Crippen LogP contribution in [0.1, 0.15) is 32.3 Å². The first-order chi connectivity index (χ1) is 12.8.